The number of halogens is 3. The summed E-state index contributed by atoms with van der Waals surface area (Å²) in [6.07, 6.45) is 0. The van der Waals surface area contributed by atoms with Gasteiger partial charge in [0.05, 0.1) is 21.4 Å². The van der Waals surface area contributed by atoms with Crippen LogP contribution in [0.2, 0.25) is 15.1 Å². The van der Waals surface area contributed by atoms with E-state index in [1.54, 1.807) is 30.3 Å². The highest BCUT2D eigenvalue weighted by Crippen LogP contribution is 2.35. The van der Waals surface area contributed by atoms with Gasteiger partial charge in [0, 0.05) is 36.8 Å². The first-order valence-electron chi connectivity index (χ1n) is 9.51. The highest BCUT2D eigenvalue weighted by atomic mass is 35.5. The van der Waals surface area contributed by atoms with Crippen molar-refractivity contribution < 1.29 is 9.21 Å². The number of para-hydroxylation sites is 1. The fraction of sp³-hybridized carbons (Fsp3) is 0.227. The number of carbonyl (C=O) groups is 1. The second-order valence-electron chi connectivity index (χ2n) is 7.17. The van der Waals surface area contributed by atoms with Gasteiger partial charge in [-0.25, -0.2) is 0 Å². The average molecular weight is 465 g/mol. The van der Waals surface area contributed by atoms with Crippen LogP contribution >= 0.6 is 34.8 Å². The van der Waals surface area contributed by atoms with Gasteiger partial charge in [-0.05, 0) is 49.5 Å². The number of anilines is 2. The molecule has 1 fully saturated rings. The molecule has 30 heavy (non-hydrogen) atoms. The van der Waals surface area contributed by atoms with Crippen molar-refractivity contribution >= 4 is 52.1 Å². The van der Waals surface area contributed by atoms with Gasteiger partial charge in [-0.1, -0.05) is 40.9 Å². The predicted molar refractivity (Wildman–Crippen MR) is 123 cm³/mol. The maximum atomic E-state index is 12.9. The van der Waals surface area contributed by atoms with E-state index in [4.69, 9.17) is 39.2 Å². The average Bonchev–Trinajstić information content (AvgIpc) is 3.19. The summed E-state index contributed by atoms with van der Waals surface area (Å²) in [4.78, 5) is 17.3. The van der Waals surface area contributed by atoms with E-state index in [0.717, 1.165) is 31.9 Å². The van der Waals surface area contributed by atoms with Crippen LogP contribution in [0.1, 0.15) is 10.6 Å². The number of carbonyl (C=O) groups excluding carboxylic acids is 1. The van der Waals surface area contributed by atoms with Crippen LogP contribution in [0, 0.1) is 0 Å². The molecule has 2 heterocycles. The summed E-state index contributed by atoms with van der Waals surface area (Å²) in [5.41, 5.74) is 2.15. The van der Waals surface area contributed by atoms with Crippen molar-refractivity contribution in [3.05, 3.63) is 69.4 Å². The number of amides is 1. The number of likely N-dealkylation sites (N-methyl/N-ethyl adjacent to an activating group) is 1. The van der Waals surface area contributed by atoms with E-state index >= 15 is 0 Å². The summed E-state index contributed by atoms with van der Waals surface area (Å²) >= 11 is 18.7. The van der Waals surface area contributed by atoms with E-state index in [1.165, 1.54) is 0 Å². The second kappa shape index (κ2) is 8.90. The maximum Gasteiger partial charge on any atom is 0.291 e. The first kappa shape index (κ1) is 21.1. The Morgan fingerprint density at radius 2 is 1.73 bits per heavy atom. The van der Waals surface area contributed by atoms with Gasteiger partial charge >= 0.3 is 0 Å². The number of nitrogens with one attached hydrogen (secondary N) is 1. The molecule has 0 saturated carbocycles. The molecular formula is C22H20Cl3N3O2. The number of furan rings is 1. The van der Waals surface area contributed by atoms with E-state index in [-0.39, 0.29) is 11.7 Å². The highest BCUT2D eigenvalue weighted by molar-refractivity contribution is 6.36. The SMILES string of the molecule is CN1CCN(c2c(Cl)cccc2NC(=O)c2ccc(-c3ccc(Cl)cc3Cl)o2)CC1. The third-order valence-electron chi connectivity index (χ3n) is 5.08. The molecule has 0 bridgehead atoms. The van der Waals surface area contributed by atoms with Crippen LogP contribution in [-0.2, 0) is 0 Å². The summed E-state index contributed by atoms with van der Waals surface area (Å²) in [6.45, 7) is 3.54. The van der Waals surface area contributed by atoms with Gasteiger partial charge in [0.25, 0.3) is 5.91 Å². The van der Waals surface area contributed by atoms with Crippen LogP contribution in [0.5, 0.6) is 0 Å². The first-order valence-corrected chi connectivity index (χ1v) is 10.6. The van der Waals surface area contributed by atoms with Gasteiger partial charge in [0.2, 0.25) is 0 Å². The topological polar surface area (TPSA) is 48.7 Å². The summed E-state index contributed by atoms with van der Waals surface area (Å²) in [5, 5.41) is 4.53. The molecule has 1 aliphatic rings. The van der Waals surface area contributed by atoms with Crippen molar-refractivity contribution in [2.75, 3.05) is 43.4 Å². The minimum Gasteiger partial charge on any atom is -0.451 e. The molecule has 0 radical (unpaired) electrons. The minimum absolute atomic E-state index is 0.181. The third kappa shape index (κ3) is 4.44. The molecule has 156 valence electrons. The van der Waals surface area contributed by atoms with E-state index < -0.39 is 0 Å². The van der Waals surface area contributed by atoms with E-state index in [0.29, 0.717) is 32.1 Å². The minimum atomic E-state index is -0.357. The second-order valence-corrected chi connectivity index (χ2v) is 8.42. The Balaban J connectivity index is 1.56. The Bertz CT molecular complexity index is 1080. The Morgan fingerprint density at radius 3 is 2.47 bits per heavy atom. The molecule has 0 unspecified atom stereocenters. The quantitative estimate of drug-likeness (QED) is 0.521. The standard InChI is InChI=1S/C22H20Cl3N3O2/c1-27-9-11-28(12-10-27)21-16(24)3-2-4-18(21)26-22(29)20-8-7-19(30-20)15-6-5-14(23)13-17(15)25/h2-8,13H,9-12H2,1H3,(H,26,29). The molecule has 4 rings (SSSR count). The van der Waals surface area contributed by atoms with E-state index in [9.17, 15) is 4.79 Å². The van der Waals surface area contributed by atoms with Crippen molar-refractivity contribution in [2.24, 2.45) is 0 Å². The molecule has 1 amide bonds. The normalized spacial score (nSPS) is 14.7. The number of hydrogen-bond donors (Lipinski definition) is 1. The fourth-order valence-electron chi connectivity index (χ4n) is 3.45. The third-order valence-corrected chi connectivity index (χ3v) is 5.93. The zero-order chi connectivity index (χ0) is 21.3. The maximum absolute atomic E-state index is 12.9. The summed E-state index contributed by atoms with van der Waals surface area (Å²) in [5.74, 6) is 0.316. The number of benzene rings is 2. The molecule has 1 saturated heterocycles. The number of hydrogen-bond acceptors (Lipinski definition) is 4. The largest absolute Gasteiger partial charge is 0.451 e. The molecule has 5 nitrogen and oxygen atoms in total. The molecule has 1 N–H and O–H groups in total. The number of piperazine rings is 1. The van der Waals surface area contributed by atoms with Crippen LogP contribution in [0.25, 0.3) is 11.3 Å². The monoisotopic (exact) mass is 463 g/mol. The zero-order valence-corrected chi connectivity index (χ0v) is 18.6. The Morgan fingerprint density at radius 1 is 0.967 bits per heavy atom. The van der Waals surface area contributed by atoms with Crippen molar-refractivity contribution in [2.45, 2.75) is 0 Å². The van der Waals surface area contributed by atoms with Crippen molar-refractivity contribution in [3.8, 4) is 11.3 Å². The van der Waals surface area contributed by atoms with Crippen LogP contribution in [0.15, 0.2) is 52.9 Å². The summed E-state index contributed by atoms with van der Waals surface area (Å²) < 4.78 is 5.76. The van der Waals surface area contributed by atoms with Crippen molar-refractivity contribution in [1.29, 1.82) is 0 Å². The van der Waals surface area contributed by atoms with Gasteiger partial charge < -0.3 is 19.5 Å². The molecule has 2 aromatic carbocycles. The lowest BCUT2D eigenvalue weighted by molar-refractivity contribution is 0.0997. The molecule has 0 spiro atoms. The predicted octanol–water partition coefficient (Wildman–Crippen LogP) is 5.91. The lowest BCUT2D eigenvalue weighted by Crippen LogP contribution is -2.44. The van der Waals surface area contributed by atoms with Crippen LogP contribution < -0.4 is 10.2 Å². The lowest BCUT2D eigenvalue weighted by Gasteiger charge is -2.35. The Labute approximate surface area is 190 Å². The van der Waals surface area contributed by atoms with Gasteiger partial charge in [-0.2, -0.15) is 0 Å². The molecule has 8 heteroatoms. The van der Waals surface area contributed by atoms with Crippen molar-refractivity contribution in [1.82, 2.24) is 4.90 Å². The molecule has 0 atom stereocenters. The molecule has 1 aromatic heterocycles. The van der Waals surface area contributed by atoms with Crippen molar-refractivity contribution in [3.63, 3.8) is 0 Å². The van der Waals surface area contributed by atoms with Gasteiger partial charge in [-0.15, -0.1) is 0 Å². The number of rotatable bonds is 4. The summed E-state index contributed by atoms with van der Waals surface area (Å²) in [6, 6.07) is 13.9. The zero-order valence-electron chi connectivity index (χ0n) is 16.3. The van der Waals surface area contributed by atoms with Crippen LogP contribution in [0.3, 0.4) is 0 Å². The van der Waals surface area contributed by atoms with Crippen LogP contribution in [-0.4, -0.2) is 44.0 Å². The fourth-order valence-corrected chi connectivity index (χ4v) is 4.24. The smallest absolute Gasteiger partial charge is 0.291 e. The van der Waals surface area contributed by atoms with E-state index in [2.05, 4.69) is 22.2 Å². The van der Waals surface area contributed by atoms with E-state index in [1.807, 2.05) is 18.2 Å². The Hall–Kier alpha value is -2.18. The number of nitrogens with zero attached hydrogens (tertiary/aromatic N) is 2. The molecule has 3 aromatic rings. The van der Waals surface area contributed by atoms with Gasteiger partial charge in [0.15, 0.2) is 5.76 Å². The lowest BCUT2D eigenvalue weighted by atomic mass is 10.2. The first-order chi connectivity index (χ1) is 14.4. The Kier molecular flexibility index (Phi) is 6.25. The molecule has 1 aliphatic heterocycles. The molecule has 0 aliphatic carbocycles. The van der Waals surface area contributed by atoms with Crippen LogP contribution in [0.4, 0.5) is 11.4 Å². The van der Waals surface area contributed by atoms with Gasteiger partial charge in [-0.3, -0.25) is 4.79 Å². The highest BCUT2D eigenvalue weighted by Gasteiger charge is 2.22. The van der Waals surface area contributed by atoms with Gasteiger partial charge in [0.1, 0.15) is 5.76 Å². The molecular weight excluding hydrogens is 445 g/mol. The summed E-state index contributed by atoms with van der Waals surface area (Å²) in [7, 11) is 2.09.